The van der Waals surface area contributed by atoms with E-state index in [1.54, 1.807) is 12.1 Å². The third-order valence-electron chi connectivity index (χ3n) is 1.61. The Hall–Kier alpha value is -0.970. The number of methoxy groups -OCH3 is 1. The predicted molar refractivity (Wildman–Crippen MR) is 48.1 cm³/mol. The molecule has 0 fully saturated rings. The van der Waals surface area contributed by atoms with Gasteiger partial charge in [-0.25, -0.2) is 0 Å². The Morgan fingerprint density at radius 3 is 2.33 bits per heavy atom. The zero-order valence-electron chi connectivity index (χ0n) is 8.56. The Morgan fingerprint density at radius 2 is 1.93 bits per heavy atom. The number of carbonyl (C=O) groups is 1. The Morgan fingerprint density at radius 1 is 1.40 bits per heavy atom. The summed E-state index contributed by atoms with van der Waals surface area (Å²) in [7, 11) is 1.25. The molecule has 0 atom stereocenters. The van der Waals surface area contributed by atoms with Crippen LogP contribution < -0.4 is 34.7 Å². The number of carbonyl (C=O) groups excluding carboxylic acids is 1. The Balaban J connectivity index is 0.00000196. The molecule has 1 aromatic rings. The van der Waals surface area contributed by atoms with Gasteiger partial charge in [-0.05, 0) is 23.8 Å². The maximum Gasteiger partial charge on any atom is 1.00 e. The van der Waals surface area contributed by atoms with Gasteiger partial charge in [0, 0.05) is 0 Å². The van der Waals surface area contributed by atoms with Crippen LogP contribution in [0, 0.1) is 0 Å². The molecule has 15 heavy (non-hydrogen) atoms. The van der Waals surface area contributed by atoms with E-state index in [1.165, 1.54) is 25.3 Å². The van der Waals surface area contributed by atoms with Crippen molar-refractivity contribution >= 4 is 12.0 Å². The Labute approximate surface area is 109 Å². The van der Waals surface area contributed by atoms with Crippen molar-refractivity contribution in [2.24, 2.45) is 0 Å². The van der Waals surface area contributed by atoms with Gasteiger partial charge in [0.15, 0.2) is 0 Å². The van der Waals surface area contributed by atoms with E-state index < -0.39 is 5.97 Å². The van der Waals surface area contributed by atoms with Crippen LogP contribution in [-0.2, 0) is 9.53 Å². The molecule has 0 heterocycles. The first-order chi connectivity index (χ1) is 6.63. The average molecular weight is 216 g/mol. The van der Waals surface area contributed by atoms with Crippen molar-refractivity contribution in [1.82, 2.24) is 0 Å². The van der Waals surface area contributed by atoms with Gasteiger partial charge in [0.2, 0.25) is 0 Å². The van der Waals surface area contributed by atoms with E-state index in [4.69, 9.17) is 5.11 Å². The summed E-state index contributed by atoms with van der Waals surface area (Å²) in [4.78, 5) is 10.4. The molecular weight excluding hydrogens is 207 g/mol. The van der Waals surface area contributed by atoms with Gasteiger partial charge in [-0.15, -0.1) is 0 Å². The molecule has 0 aliphatic rings. The normalized spacial score (nSPS) is 10.3. The summed E-state index contributed by atoms with van der Waals surface area (Å²) in [6, 6.07) is 6.04. The summed E-state index contributed by atoms with van der Waals surface area (Å²) in [6.45, 7) is 0. The molecule has 0 unspecified atom stereocenters. The molecule has 0 aliphatic carbocycles. The molecule has 74 valence electrons. The second-order valence-corrected chi connectivity index (χ2v) is 2.59. The molecule has 0 bridgehead atoms. The fraction of sp³-hybridized carbons (Fsp3) is 0.100. The fourth-order valence-electron chi connectivity index (χ4n) is 0.923. The number of ether oxygens (including phenoxy) is 1. The quantitative estimate of drug-likeness (QED) is 0.335. The number of rotatable bonds is 3. The van der Waals surface area contributed by atoms with Gasteiger partial charge in [0.1, 0.15) is 17.5 Å². The molecule has 0 radical (unpaired) electrons. The zero-order valence-corrected chi connectivity index (χ0v) is 10.6. The van der Waals surface area contributed by atoms with Gasteiger partial charge in [0.25, 0.3) is 0 Å². The van der Waals surface area contributed by atoms with Crippen LogP contribution in [0.4, 0.5) is 0 Å². The zero-order chi connectivity index (χ0) is 10.6. The molecular formula is C10H9NaO4. The Kier molecular flexibility index (Phi) is 6.08. The molecule has 0 amide bonds. The SMILES string of the molecule is CO/C(=C\c1ccc(O)cc1)C(=O)[O-].[Na+]. The van der Waals surface area contributed by atoms with Crippen LogP contribution >= 0.6 is 0 Å². The molecule has 5 heteroatoms. The van der Waals surface area contributed by atoms with Crippen LogP contribution in [0.25, 0.3) is 6.08 Å². The van der Waals surface area contributed by atoms with Gasteiger partial charge in [-0.2, -0.15) is 0 Å². The largest absolute Gasteiger partial charge is 1.00 e. The molecule has 1 aromatic carbocycles. The van der Waals surface area contributed by atoms with Crippen molar-refractivity contribution in [2.75, 3.05) is 7.11 Å². The van der Waals surface area contributed by atoms with Crippen LogP contribution in [-0.4, -0.2) is 18.2 Å². The minimum Gasteiger partial charge on any atom is -0.542 e. The van der Waals surface area contributed by atoms with Crippen molar-refractivity contribution in [3.05, 3.63) is 35.6 Å². The summed E-state index contributed by atoms with van der Waals surface area (Å²) >= 11 is 0. The molecule has 0 aliphatic heterocycles. The van der Waals surface area contributed by atoms with E-state index in [-0.39, 0.29) is 41.1 Å². The summed E-state index contributed by atoms with van der Waals surface area (Å²) < 4.78 is 4.58. The first-order valence-electron chi connectivity index (χ1n) is 3.89. The Bertz CT molecular complexity index is 356. The maximum absolute atomic E-state index is 10.4. The standard InChI is InChI=1S/C10H10O4.Na/c1-14-9(10(12)13)6-7-2-4-8(11)5-3-7;/h2-6,11H,1H3,(H,12,13);/q;+1/p-1/b9-6-;. The molecule has 1 N–H and O–H groups in total. The van der Waals surface area contributed by atoms with Gasteiger partial charge in [-0.1, -0.05) is 12.1 Å². The van der Waals surface area contributed by atoms with Crippen molar-refractivity contribution in [3.8, 4) is 5.75 Å². The van der Waals surface area contributed by atoms with E-state index in [0.29, 0.717) is 5.56 Å². The number of aliphatic carboxylic acids is 1. The molecule has 0 aromatic heterocycles. The summed E-state index contributed by atoms with van der Waals surface area (Å²) in [5, 5.41) is 19.4. The van der Waals surface area contributed by atoms with Crippen molar-refractivity contribution < 1.29 is 49.3 Å². The average Bonchev–Trinajstić information content (AvgIpc) is 2.16. The van der Waals surface area contributed by atoms with Gasteiger partial charge in [0.05, 0.1) is 7.11 Å². The van der Waals surface area contributed by atoms with E-state index in [9.17, 15) is 9.90 Å². The number of phenolic OH excluding ortho intramolecular Hbond substituents is 1. The third kappa shape index (κ3) is 4.38. The van der Waals surface area contributed by atoms with Crippen LogP contribution in [0.15, 0.2) is 30.0 Å². The first-order valence-corrected chi connectivity index (χ1v) is 3.89. The van der Waals surface area contributed by atoms with Crippen molar-refractivity contribution in [2.45, 2.75) is 0 Å². The minimum atomic E-state index is -1.37. The summed E-state index contributed by atoms with van der Waals surface area (Å²) in [6.07, 6.45) is 1.31. The number of aromatic hydroxyl groups is 1. The monoisotopic (exact) mass is 216 g/mol. The third-order valence-corrected chi connectivity index (χ3v) is 1.61. The number of benzene rings is 1. The number of hydrogen-bond acceptors (Lipinski definition) is 4. The van der Waals surface area contributed by atoms with Gasteiger partial charge < -0.3 is 19.7 Å². The van der Waals surface area contributed by atoms with Gasteiger partial charge in [-0.3, -0.25) is 0 Å². The van der Waals surface area contributed by atoms with Crippen LogP contribution in [0.1, 0.15) is 5.56 Å². The molecule has 0 spiro atoms. The molecule has 4 nitrogen and oxygen atoms in total. The minimum absolute atomic E-state index is 0. The van der Waals surface area contributed by atoms with E-state index in [1.807, 2.05) is 0 Å². The molecule has 0 saturated carbocycles. The van der Waals surface area contributed by atoms with Crippen LogP contribution in [0.3, 0.4) is 0 Å². The summed E-state index contributed by atoms with van der Waals surface area (Å²) in [5.74, 6) is -1.51. The van der Waals surface area contributed by atoms with E-state index in [2.05, 4.69) is 4.74 Å². The van der Waals surface area contributed by atoms with Crippen molar-refractivity contribution in [1.29, 1.82) is 0 Å². The van der Waals surface area contributed by atoms with Crippen LogP contribution in [0.2, 0.25) is 0 Å². The number of carboxylic acid groups (broad SMARTS) is 1. The molecule has 1 rings (SSSR count). The number of carboxylic acids is 1. The van der Waals surface area contributed by atoms with E-state index in [0.717, 1.165) is 0 Å². The van der Waals surface area contributed by atoms with Crippen molar-refractivity contribution in [3.63, 3.8) is 0 Å². The second kappa shape index (κ2) is 6.50. The topological polar surface area (TPSA) is 69.6 Å². The molecule has 0 saturated heterocycles. The second-order valence-electron chi connectivity index (χ2n) is 2.59. The summed E-state index contributed by atoms with van der Waals surface area (Å²) in [5.41, 5.74) is 0.615. The fourth-order valence-corrected chi connectivity index (χ4v) is 0.923. The van der Waals surface area contributed by atoms with Gasteiger partial charge >= 0.3 is 29.6 Å². The number of hydrogen-bond donors (Lipinski definition) is 1. The number of phenols is 1. The first kappa shape index (κ1) is 14.0. The van der Waals surface area contributed by atoms with Crippen LogP contribution in [0.5, 0.6) is 5.75 Å². The predicted octanol–water partition coefficient (Wildman–Crippen LogP) is -2.87. The maximum atomic E-state index is 10.4. The van der Waals surface area contributed by atoms with E-state index >= 15 is 0 Å². The smallest absolute Gasteiger partial charge is 0.542 e.